The van der Waals surface area contributed by atoms with E-state index < -0.39 is 11.2 Å². The SMILES string of the molecule is C=C1C(=O)C(O)=CC2C1(C)CC(OC(C)=O)C(C)C2(C)CCC(C)CC(=O)OC. The molecule has 6 heteroatoms. The van der Waals surface area contributed by atoms with Crippen LogP contribution in [0.15, 0.2) is 24.0 Å². The maximum atomic E-state index is 12.5. The van der Waals surface area contributed by atoms with Crippen LogP contribution in [0.5, 0.6) is 0 Å². The Morgan fingerprint density at radius 2 is 2.00 bits per heavy atom. The molecule has 0 aromatic rings. The van der Waals surface area contributed by atoms with Crippen LogP contribution < -0.4 is 0 Å². The van der Waals surface area contributed by atoms with Gasteiger partial charge in [-0.05, 0) is 48.5 Å². The summed E-state index contributed by atoms with van der Waals surface area (Å²) < 4.78 is 10.4. The maximum absolute atomic E-state index is 12.5. The largest absolute Gasteiger partial charge is 0.504 e. The Labute approximate surface area is 173 Å². The van der Waals surface area contributed by atoms with Gasteiger partial charge in [-0.1, -0.05) is 34.3 Å². The van der Waals surface area contributed by atoms with Crippen LogP contribution in [0.25, 0.3) is 0 Å². The van der Waals surface area contributed by atoms with Crippen molar-refractivity contribution in [3.05, 3.63) is 24.0 Å². The molecule has 1 fully saturated rings. The number of ketones is 1. The molecule has 0 spiro atoms. The zero-order valence-corrected chi connectivity index (χ0v) is 18.4. The average Bonchev–Trinajstić information content (AvgIpc) is 2.65. The van der Waals surface area contributed by atoms with Crippen molar-refractivity contribution in [3.8, 4) is 0 Å². The molecule has 1 N–H and O–H groups in total. The third-order valence-electron chi connectivity index (χ3n) is 7.38. The van der Waals surface area contributed by atoms with Gasteiger partial charge in [-0.2, -0.15) is 0 Å². The number of methoxy groups -OCH3 is 1. The number of carbonyl (C=O) groups is 3. The Morgan fingerprint density at radius 3 is 2.55 bits per heavy atom. The minimum absolute atomic E-state index is 0.000135. The monoisotopic (exact) mass is 406 g/mol. The van der Waals surface area contributed by atoms with E-state index in [9.17, 15) is 19.5 Å². The van der Waals surface area contributed by atoms with Crippen molar-refractivity contribution in [2.45, 2.75) is 66.4 Å². The molecular formula is C23H34O6. The van der Waals surface area contributed by atoms with E-state index >= 15 is 0 Å². The predicted octanol–water partition coefficient (Wildman–Crippen LogP) is 4.15. The van der Waals surface area contributed by atoms with Gasteiger partial charge >= 0.3 is 11.9 Å². The molecule has 0 heterocycles. The van der Waals surface area contributed by atoms with Crippen molar-refractivity contribution in [2.24, 2.45) is 28.6 Å². The molecule has 0 bridgehead atoms. The number of hydrogen-bond acceptors (Lipinski definition) is 6. The van der Waals surface area contributed by atoms with E-state index in [1.54, 1.807) is 6.08 Å². The van der Waals surface area contributed by atoms with Gasteiger partial charge in [0, 0.05) is 24.3 Å². The second-order valence-electron chi connectivity index (χ2n) is 9.33. The van der Waals surface area contributed by atoms with Crippen LogP contribution in [0.4, 0.5) is 0 Å². The Bertz CT molecular complexity index is 738. The standard InChI is InChI=1S/C23H34O6/c1-13(10-20(26)28-7)8-9-22(5)14(2)18(29-16(4)24)12-23(6)15(3)21(27)17(25)11-19(22)23/h11,13-14,18-19,25H,3,8-10,12H2,1-2,4-7H3. The maximum Gasteiger partial charge on any atom is 0.305 e. The molecule has 29 heavy (non-hydrogen) atoms. The highest BCUT2D eigenvalue weighted by Gasteiger charge is 2.59. The van der Waals surface area contributed by atoms with Crippen LogP contribution in [0.3, 0.4) is 0 Å². The van der Waals surface area contributed by atoms with E-state index in [4.69, 9.17) is 9.47 Å². The predicted molar refractivity (Wildman–Crippen MR) is 109 cm³/mol. The molecular weight excluding hydrogens is 372 g/mol. The van der Waals surface area contributed by atoms with Crippen molar-refractivity contribution in [1.82, 2.24) is 0 Å². The lowest BCUT2D eigenvalue weighted by molar-refractivity contribution is -0.166. The number of esters is 2. The molecule has 2 aliphatic carbocycles. The van der Waals surface area contributed by atoms with Gasteiger partial charge in [0.15, 0.2) is 5.76 Å². The molecule has 0 aromatic heterocycles. The summed E-state index contributed by atoms with van der Waals surface area (Å²) in [6, 6.07) is 0. The second kappa shape index (κ2) is 8.33. The van der Waals surface area contributed by atoms with Crippen molar-refractivity contribution < 1.29 is 29.0 Å². The highest BCUT2D eigenvalue weighted by Crippen LogP contribution is 2.61. The Morgan fingerprint density at radius 1 is 1.38 bits per heavy atom. The van der Waals surface area contributed by atoms with E-state index in [2.05, 4.69) is 20.4 Å². The molecule has 2 rings (SSSR count). The first-order valence-electron chi connectivity index (χ1n) is 10.3. The smallest absolute Gasteiger partial charge is 0.305 e. The van der Waals surface area contributed by atoms with Gasteiger partial charge in [0.1, 0.15) is 6.10 Å². The number of hydrogen-bond donors (Lipinski definition) is 1. The summed E-state index contributed by atoms with van der Waals surface area (Å²) in [5, 5.41) is 10.3. The fraction of sp³-hybridized carbons (Fsp3) is 0.696. The van der Waals surface area contributed by atoms with Gasteiger partial charge in [0.25, 0.3) is 0 Å². The summed E-state index contributed by atoms with van der Waals surface area (Å²) in [6.45, 7) is 13.5. The molecule has 0 saturated heterocycles. The van der Waals surface area contributed by atoms with Gasteiger partial charge in [0.05, 0.1) is 7.11 Å². The number of Topliss-reactive ketones (excluding diaryl/α,β-unsaturated/α-hetero) is 1. The van der Waals surface area contributed by atoms with Gasteiger partial charge in [-0.3, -0.25) is 14.4 Å². The lowest BCUT2D eigenvalue weighted by Crippen LogP contribution is -2.56. The van der Waals surface area contributed by atoms with E-state index in [1.807, 2.05) is 13.8 Å². The van der Waals surface area contributed by atoms with E-state index in [1.165, 1.54) is 14.0 Å². The molecule has 6 unspecified atom stereocenters. The first-order chi connectivity index (χ1) is 13.4. The number of aliphatic hydroxyl groups is 1. The number of fused-ring (bicyclic) bond motifs is 1. The van der Waals surface area contributed by atoms with E-state index in [0.717, 1.165) is 12.8 Å². The summed E-state index contributed by atoms with van der Waals surface area (Å²) in [4.78, 5) is 35.8. The highest BCUT2D eigenvalue weighted by atomic mass is 16.5. The fourth-order valence-electron chi connectivity index (χ4n) is 5.26. The molecule has 0 aromatic carbocycles. The van der Waals surface area contributed by atoms with Crippen LogP contribution in [0.1, 0.15) is 60.3 Å². The zero-order valence-electron chi connectivity index (χ0n) is 18.4. The molecule has 6 atom stereocenters. The van der Waals surface area contributed by atoms with Gasteiger partial charge in [-0.25, -0.2) is 0 Å². The highest BCUT2D eigenvalue weighted by molar-refractivity contribution is 6.08. The number of rotatable bonds is 6. The molecule has 0 aliphatic heterocycles. The minimum atomic E-state index is -0.615. The fourth-order valence-corrected chi connectivity index (χ4v) is 5.26. The molecule has 0 amide bonds. The summed E-state index contributed by atoms with van der Waals surface area (Å²) in [6.07, 6.45) is 3.65. The quantitative estimate of drug-likeness (QED) is 0.526. The lowest BCUT2D eigenvalue weighted by Gasteiger charge is -2.58. The van der Waals surface area contributed by atoms with Crippen LogP contribution in [0.2, 0.25) is 0 Å². The number of carbonyl (C=O) groups excluding carboxylic acids is 3. The number of aliphatic hydroxyl groups excluding tert-OH is 1. The van der Waals surface area contributed by atoms with Crippen molar-refractivity contribution >= 4 is 17.7 Å². The third kappa shape index (κ3) is 4.26. The van der Waals surface area contributed by atoms with Crippen LogP contribution in [-0.4, -0.2) is 36.0 Å². The van der Waals surface area contributed by atoms with Crippen LogP contribution >= 0.6 is 0 Å². The summed E-state index contributed by atoms with van der Waals surface area (Å²) in [5.41, 5.74) is -0.619. The van der Waals surface area contributed by atoms with Crippen molar-refractivity contribution in [3.63, 3.8) is 0 Å². The molecule has 162 valence electrons. The molecule has 0 radical (unpaired) electrons. The average molecular weight is 407 g/mol. The lowest BCUT2D eigenvalue weighted by atomic mass is 9.46. The van der Waals surface area contributed by atoms with Crippen LogP contribution in [-0.2, 0) is 23.9 Å². The Hall–Kier alpha value is -2.11. The number of ether oxygens (including phenoxy) is 2. The van der Waals surface area contributed by atoms with Gasteiger partial charge in [0.2, 0.25) is 5.78 Å². The topological polar surface area (TPSA) is 89.9 Å². The number of allylic oxidation sites excluding steroid dienone is 2. The van der Waals surface area contributed by atoms with Gasteiger partial charge < -0.3 is 14.6 Å². The molecule has 2 aliphatic rings. The first-order valence-corrected chi connectivity index (χ1v) is 10.3. The van der Waals surface area contributed by atoms with Crippen LogP contribution in [0, 0.1) is 28.6 Å². The Balaban J connectivity index is 2.41. The van der Waals surface area contributed by atoms with Crippen molar-refractivity contribution in [1.29, 1.82) is 0 Å². The van der Waals surface area contributed by atoms with E-state index in [0.29, 0.717) is 18.4 Å². The second-order valence-corrected chi connectivity index (χ2v) is 9.33. The third-order valence-corrected chi connectivity index (χ3v) is 7.38. The zero-order chi connectivity index (χ0) is 22.1. The molecule has 1 saturated carbocycles. The Kier molecular flexibility index (Phi) is 6.65. The minimum Gasteiger partial charge on any atom is -0.504 e. The van der Waals surface area contributed by atoms with Gasteiger partial charge in [-0.15, -0.1) is 0 Å². The normalized spacial score (nSPS) is 35.4. The van der Waals surface area contributed by atoms with Crippen molar-refractivity contribution in [2.75, 3.05) is 7.11 Å². The first kappa shape index (κ1) is 23.2. The molecule has 6 nitrogen and oxygen atoms in total. The summed E-state index contributed by atoms with van der Waals surface area (Å²) >= 11 is 0. The summed E-state index contributed by atoms with van der Waals surface area (Å²) in [7, 11) is 1.38. The summed E-state index contributed by atoms with van der Waals surface area (Å²) in [5.74, 6) is -1.30. The van der Waals surface area contributed by atoms with E-state index in [-0.39, 0.29) is 47.0 Å².